The van der Waals surface area contributed by atoms with Crippen molar-refractivity contribution in [1.29, 1.82) is 5.26 Å². The summed E-state index contributed by atoms with van der Waals surface area (Å²) in [7, 11) is 0. The molecule has 0 atom stereocenters. The zero-order chi connectivity index (χ0) is 12.8. The van der Waals surface area contributed by atoms with Crippen LogP contribution >= 0.6 is 0 Å². The summed E-state index contributed by atoms with van der Waals surface area (Å²) in [6, 6.07) is 2.13. The summed E-state index contributed by atoms with van der Waals surface area (Å²) in [5.74, 6) is 0. The average Bonchev–Trinajstić information content (AvgIpc) is 2.46. The standard InChI is InChI=1S/C16H20N2/c1-2-3-4-13-5-7-14(8-6-13)15-9-10-16(11-17)18-12-15/h5,7,9-10,18H,2-4,6,8,12H2,1H3. The molecule has 2 heteroatoms. The summed E-state index contributed by atoms with van der Waals surface area (Å²) in [6.07, 6.45) is 14.6. The Morgan fingerprint density at radius 2 is 2.00 bits per heavy atom. The van der Waals surface area contributed by atoms with Gasteiger partial charge in [-0.05, 0) is 42.9 Å². The molecule has 0 fully saturated rings. The van der Waals surface area contributed by atoms with Crippen molar-refractivity contribution in [3.05, 3.63) is 46.7 Å². The molecule has 1 heterocycles. The maximum Gasteiger partial charge on any atom is 0.117 e. The minimum Gasteiger partial charge on any atom is -0.372 e. The van der Waals surface area contributed by atoms with Crippen molar-refractivity contribution in [2.24, 2.45) is 0 Å². The number of unbranched alkanes of at least 4 members (excludes halogenated alkanes) is 1. The van der Waals surface area contributed by atoms with Gasteiger partial charge in [0, 0.05) is 6.54 Å². The SMILES string of the molecule is CCCCC1=CC=C(C2=CC=C(C#N)NC2)CC1. The normalized spacial score (nSPS) is 18.9. The molecule has 0 amide bonds. The second kappa shape index (κ2) is 6.26. The largest absolute Gasteiger partial charge is 0.372 e. The molecule has 2 nitrogen and oxygen atoms in total. The number of allylic oxidation sites excluding steroid dienone is 6. The van der Waals surface area contributed by atoms with Gasteiger partial charge in [0.15, 0.2) is 0 Å². The molecule has 1 aliphatic heterocycles. The van der Waals surface area contributed by atoms with E-state index in [0.29, 0.717) is 5.70 Å². The molecule has 2 aliphatic rings. The summed E-state index contributed by atoms with van der Waals surface area (Å²) in [5, 5.41) is 11.9. The zero-order valence-corrected chi connectivity index (χ0v) is 11.0. The molecule has 0 bridgehead atoms. The van der Waals surface area contributed by atoms with Gasteiger partial charge >= 0.3 is 0 Å². The molecule has 2 rings (SSSR count). The van der Waals surface area contributed by atoms with Crippen LogP contribution in [0.2, 0.25) is 0 Å². The van der Waals surface area contributed by atoms with Gasteiger partial charge in [-0.25, -0.2) is 0 Å². The van der Waals surface area contributed by atoms with Crippen LogP contribution in [-0.2, 0) is 0 Å². The van der Waals surface area contributed by atoms with Crippen molar-refractivity contribution in [3.63, 3.8) is 0 Å². The van der Waals surface area contributed by atoms with Crippen LogP contribution in [0.5, 0.6) is 0 Å². The lowest BCUT2D eigenvalue weighted by Crippen LogP contribution is -2.20. The molecule has 0 radical (unpaired) electrons. The summed E-state index contributed by atoms with van der Waals surface area (Å²) >= 11 is 0. The van der Waals surface area contributed by atoms with Gasteiger partial charge in [-0.3, -0.25) is 0 Å². The van der Waals surface area contributed by atoms with E-state index in [1.807, 2.05) is 6.08 Å². The van der Waals surface area contributed by atoms with Gasteiger partial charge in [0.25, 0.3) is 0 Å². The van der Waals surface area contributed by atoms with E-state index < -0.39 is 0 Å². The first-order chi connectivity index (χ1) is 8.83. The second-order valence-corrected chi connectivity index (χ2v) is 4.86. The van der Waals surface area contributed by atoms with Crippen LogP contribution in [0.4, 0.5) is 0 Å². The molecule has 94 valence electrons. The minimum atomic E-state index is 0.661. The molecule has 0 aromatic rings. The highest BCUT2D eigenvalue weighted by molar-refractivity contribution is 5.44. The summed E-state index contributed by atoms with van der Waals surface area (Å²) < 4.78 is 0. The number of rotatable bonds is 4. The Balaban J connectivity index is 2.02. The van der Waals surface area contributed by atoms with Crippen LogP contribution in [0.3, 0.4) is 0 Å². The fourth-order valence-corrected chi connectivity index (χ4v) is 2.35. The highest BCUT2D eigenvalue weighted by Gasteiger charge is 2.12. The first kappa shape index (κ1) is 12.7. The third-order valence-corrected chi connectivity index (χ3v) is 3.54. The number of dihydropyridines is 1. The van der Waals surface area contributed by atoms with Gasteiger partial charge in [-0.15, -0.1) is 0 Å². The fraction of sp³-hybridized carbons (Fsp3) is 0.438. The number of hydrogen-bond donors (Lipinski definition) is 1. The van der Waals surface area contributed by atoms with Gasteiger partial charge in [0.2, 0.25) is 0 Å². The number of nitriles is 1. The average molecular weight is 240 g/mol. The highest BCUT2D eigenvalue weighted by atomic mass is 14.9. The van der Waals surface area contributed by atoms with E-state index in [1.165, 1.54) is 36.8 Å². The summed E-state index contributed by atoms with van der Waals surface area (Å²) in [5.41, 5.74) is 4.98. The van der Waals surface area contributed by atoms with Crippen LogP contribution in [-0.4, -0.2) is 6.54 Å². The molecular formula is C16H20N2. The van der Waals surface area contributed by atoms with Crippen LogP contribution in [0.25, 0.3) is 0 Å². The molecule has 0 aromatic heterocycles. The zero-order valence-electron chi connectivity index (χ0n) is 11.0. The Morgan fingerprint density at radius 1 is 1.17 bits per heavy atom. The van der Waals surface area contributed by atoms with Gasteiger partial charge in [0.1, 0.15) is 11.8 Å². The van der Waals surface area contributed by atoms with Gasteiger partial charge in [-0.1, -0.05) is 37.1 Å². The van der Waals surface area contributed by atoms with Crippen molar-refractivity contribution >= 4 is 0 Å². The van der Waals surface area contributed by atoms with E-state index >= 15 is 0 Å². The number of nitrogens with one attached hydrogen (secondary N) is 1. The lowest BCUT2D eigenvalue weighted by molar-refractivity contribution is 0.739. The number of hydrogen-bond acceptors (Lipinski definition) is 2. The summed E-state index contributed by atoms with van der Waals surface area (Å²) in [4.78, 5) is 0. The monoisotopic (exact) mass is 240 g/mol. The van der Waals surface area contributed by atoms with Gasteiger partial charge in [0.05, 0.1) is 0 Å². The Hall–Kier alpha value is -1.75. The molecule has 18 heavy (non-hydrogen) atoms. The van der Waals surface area contributed by atoms with Crippen LogP contribution in [0.1, 0.15) is 39.0 Å². The van der Waals surface area contributed by atoms with Gasteiger partial charge in [-0.2, -0.15) is 5.26 Å². The third kappa shape index (κ3) is 3.13. The molecule has 0 saturated heterocycles. The molecule has 0 saturated carbocycles. The van der Waals surface area contributed by atoms with Crippen LogP contribution in [0, 0.1) is 11.3 Å². The molecule has 0 unspecified atom stereocenters. The van der Waals surface area contributed by atoms with Gasteiger partial charge < -0.3 is 5.32 Å². The molecule has 1 aliphatic carbocycles. The molecule has 0 spiro atoms. The maximum atomic E-state index is 8.77. The third-order valence-electron chi connectivity index (χ3n) is 3.54. The fourth-order valence-electron chi connectivity index (χ4n) is 2.35. The van der Waals surface area contributed by atoms with Crippen LogP contribution < -0.4 is 5.32 Å². The van der Waals surface area contributed by atoms with Crippen molar-refractivity contribution in [2.45, 2.75) is 39.0 Å². The Kier molecular flexibility index (Phi) is 4.41. The first-order valence-electron chi connectivity index (χ1n) is 6.77. The van der Waals surface area contributed by atoms with Crippen LogP contribution in [0.15, 0.2) is 46.7 Å². The van der Waals surface area contributed by atoms with E-state index in [0.717, 1.165) is 13.0 Å². The minimum absolute atomic E-state index is 0.661. The molecule has 1 N–H and O–H groups in total. The molecular weight excluding hydrogens is 220 g/mol. The first-order valence-corrected chi connectivity index (χ1v) is 6.77. The van der Waals surface area contributed by atoms with Crippen molar-refractivity contribution < 1.29 is 0 Å². The Labute approximate surface area is 109 Å². The van der Waals surface area contributed by atoms with E-state index in [9.17, 15) is 0 Å². The lowest BCUT2D eigenvalue weighted by atomic mass is 9.90. The lowest BCUT2D eigenvalue weighted by Gasteiger charge is -2.19. The van der Waals surface area contributed by atoms with Crippen molar-refractivity contribution in [2.75, 3.05) is 6.54 Å². The van der Waals surface area contributed by atoms with E-state index in [4.69, 9.17) is 5.26 Å². The Bertz CT molecular complexity index is 470. The highest BCUT2D eigenvalue weighted by Crippen LogP contribution is 2.27. The molecule has 0 aromatic carbocycles. The van der Waals surface area contributed by atoms with Crippen molar-refractivity contribution in [1.82, 2.24) is 5.32 Å². The number of nitrogens with zero attached hydrogens (tertiary/aromatic N) is 1. The van der Waals surface area contributed by atoms with Crippen molar-refractivity contribution in [3.8, 4) is 6.07 Å². The van der Waals surface area contributed by atoms with E-state index in [-0.39, 0.29) is 0 Å². The van der Waals surface area contributed by atoms with E-state index in [2.05, 4.69) is 36.5 Å². The smallest absolute Gasteiger partial charge is 0.117 e. The van der Waals surface area contributed by atoms with E-state index in [1.54, 1.807) is 5.57 Å². The summed E-state index contributed by atoms with van der Waals surface area (Å²) in [6.45, 7) is 3.02. The second-order valence-electron chi connectivity index (χ2n) is 4.86. The predicted octanol–water partition coefficient (Wildman–Crippen LogP) is 3.76. The topological polar surface area (TPSA) is 35.8 Å². The Morgan fingerprint density at radius 3 is 2.56 bits per heavy atom. The predicted molar refractivity (Wildman–Crippen MR) is 74.7 cm³/mol. The maximum absolute atomic E-state index is 8.77. The quantitative estimate of drug-likeness (QED) is 0.812.